The number of carbonyl (C=O) groups is 1. The normalized spacial score (nSPS) is 11.8. The van der Waals surface area contributed by atoms with E-state index in [0.717, 1.165) is 27.7 Å². The summed E-state index contributed by atoms with van der Waals surface area (Å²) in [7, 11) is 0. The zero-order valence-electron chi connectivity index (χ0n) is 19.7. The number of aromatic hydroxyl groups is 1. The van der Waals surface area contributed by atoms with Gasteiger partial charge < -0.3 is 14.2 Å². The molecule has 0 aliphatic heterocycles. The van der Waals surface area contributed by atoms with Gasteiger partial charge in [-0.3, -0.25) is 10.2 Å². The van der Waals surface area contributed by atoms with E-state index in [2.05, 4.69) is 0 Å². The van der Waals surface area contributed by atoms with Crippen LogP contribution in [0.25, 0.3) is 11.0 Å². The summed E-state index contributed by atoms with van der Waals surface area (Å²) >= 11 is 0. The number of ketones is 1. The van der Waals surface area contributed by atoms with Gasteiger partial charge in [-0.1, -0.05) is 70.2 Å². The molecular formula is C28H31N3O2. The molecule has 0 atom stereocenters. The van der Waals surface area contributed by atoms with Crippen molar-refractivity contribution >= 4 is 16.8 Å². The van der Waals surface area contributed by atoms with Crippen molar-refractivity contribution in [2.45, 2.75) is 52.6 Å². The number of nitrogens with zero attached hydrogens (tertiary/aromatic N) is 2. The monoisotopic (exact) mass is 441 g/mol. The van der Waals surface area contributed by atoms with E-state index in [1.807, 2.05) is 92.9 Å². The van der Waals surface area contributed by atoms with E-state index in [4.69, 9.17) is 5.41 Å². The summed E-state index contributed by atoms with van der Waals surface area (Å²) in [6.45, 7) is 8.70. The zero-order valence-corrected chi connectivity index (χ0v) is 19.7. The highest BCUT2D eigenvalue weighted by Crippen LogP contribution is 2.35. The van der Waals surface area contributed by atoms with Gasteiger partial charge in [-0.2, -0.15) is 0 Å². The number of Topliss-reactive ketones (excluding diaryl/α,β-unsaturated/α-hetero) is 1. The van der Waals surface area contributed by atoms with Crippen molar-refractivity contribution in [3.05, 3.63) is 94.6 Å². The van der Waals surface area contributed by atoms with Crippen LogP contribution in [0, 0.1) is 5.41 Å². The van der Waals surface area contributed by atoms with Crippen LogP contribution in [-0.2, 0) is 24.9 Å². The van der Waals surface area contributed by atoms with Crippen LogP contribution in [0.1, 0.15) is 54.7 Å². The van der Waals surface area contributed by atoms with Crippen molar-refractivity contribution in [1.82, 2.24) is 9.13 Å². The van der Waals surface area contributed by atoms with Crippen LogP contribution in [0.4, 0.5) is 0 Å². The molecule has 0 saturated carbocycles. The molecule has 3 aromatic carbocycles. The van der Waals surface area contributed by atoms with Gasteiger partial charge in [0.1, 0.15) is 5.75 Å². The third-order valence-corrected chi connectivity index (χ3v) is 6.16. The Morgan fingerprint density at radius 1 is 0.939 bits per heavy atom. The summed E-state index contributed by atoms with van der Waals surface area (Å²) < 4.78 is 3.71. The maximum atomic E-state index is 13.4. The first kappa shape index (κ1) is 22.6. The second-order valence-corrected chi connectivity index (χ2v) is 9.53. The lowest BCUT2D eigenvalue weighted by Crippen LogP contribution is -2.28. The Bertz CT molecular complexity index is 1370. The Balaban J connectivity index is 1.77. The van der Waals surface area contributed by atoms with Crippen molar-refractivity contribution < 1.29 is 9.90 Å². The Labute approximate surface area is 194 Å². The molecule has 0 fully saturated rings. The minimum atomic E-state index is -0.288. The number of nitrogens with one attached hydrogen (secondary N) is 1. The molecule has 0 radical (unpaired) electrons. The Kier molecular flexibility index (Phi) is 5.98. The quantitative estimate of drug-likeness (QED) is 0.392. The fourth-order valence-corrected chi connectivity index (χ4v) is 4.31. The van der Waals surface area contributed by atoms with E-state index >= 15 is 0 Å². The van der Waals surface area contributed by atoms with Gasteiger partial charge in [-0.05, 0) is 47.2 Å². The number of aryl methyl sites for hydroxylation is 1. The van der Waals surface area contributed by atoms with Crippen molar-refractivity contribution in [3.63, 3.8) is 0 Å². The van der Waals surface area contributed by atoms with E-state index in [0.29, 0.717) is 24.1 Å². The first-order valence-corrected chi connectivity index (χ1v) is 11.4. The van der Waals surface area contributed by atoms with Gasteiger partial charge in [0.15, 0.2) is 5.78 Å². The van der Waals surface area contributed by atoms with Crippen LogP contribution in [-0.4, -0.2) is 20.0 Å². The van der Waals surface area contributed by atoms with Crippen molar-refractivity contribution in [2.75, 3.05) is 0 Å². The lowest BCUT2D eigenvalue weighted by molar-refractivity contribution is 0.0971. The number of phenolic OH excluding ortho intramolecular Hbond substituents is 1. The van der Waals surface area contributed by atoms with Crippen molar-refractivity contribution in [2.24, 2.45) is 0 Å². The van der Waals surface area contributed by atoms with Crippen LogP contribution in [0.2, 0.25) is 0 Å². The second kappa shape index (κ2) is 8.74. The second-order valence-electron chi connectivity index (χ2n) is 9.53. The summed E-state index contributed by atoms with van der Waals surface area (Å²) in [5.41, 5.74) is 5.00. The highest BCUT2D eigenvalue weighted by atomic mass is 16.3. The van der Waals surface area contributed by atoms with Gasteiger partial charge in [0.25, 0.3) is 0 Å². The average Bonchev–Trinajstić information content (AvgIpc) is 3.05. The summed E-state index contributed by atoms with van der Waals surface area (Å²) in [6.07, 6.45) is 0.642. The molecule has 0 spiro atoms. The minimum Gasteiger partial charge on any atom is -0.507 e. The third kappa shape index (κ3) is 4.36. The molecule has 2 N–H and O–H groups in total. The fraction of sp³-hybridized carbons (Fsp3) is 0.286. The molecule has 4 rings (SSSR count). The number of fused-ring (bicyclic) bond motifs is 1. The van der Waals surface area contributed by atoms with Crippen molar-refractivity contribution in [1.29, 1.82) is 5.41 Å². The molecule has 5 nitrogen and oxygen atoms in total. The van der Waals surface area contributed by atoms with Gasteiger partial charge in [-0.15, -0.1) is 0 Å². The summed E-state index contributed by atoms with van der Waals surface area (Å²) in [6, 6.07) is 21.5. The highest BCUT2D eigenvalue weighted by Gasteiger charge is 2.23. The average molecular weight is 442 g/mol. The van der Waals surface area contributed by atoms with Crippen LogP contribution in [0.5, 0.6) is 5.75 Å². The molecular weight excluding hydrogens is 410 g/mol. The molecule has 0 unspecified atom stereocenters. The van der Waals surface area contributed by atoms with E-state index < -0.39 is 0 Å². The first-order valence-electron chi connectivity index (χ1n) is 11.4. The lowest BCUT2D eigenvalue weighted by atomic mass is 9.83. The number of hydrogen-bond acceptors (Lipinski definition) is 3. The number of para-hydroxylation sites is 2. The SMILES string of the molecule is CCc1cc(C(=O)Cn2c(=N)n(Cc3ccccc3)c3ccccc32)cc(C(C)(C)C)c1O. The summed E-state index contributed by atoms with van der Waals surface area (Å²) in [4.78, 5) is 13.4. The maximum Gasteiger partial charge on any atom is 0.203 e. The molecule has 0 aliphatic carbocycles. The van der Waals surface area contributed by atoms with Crippen LogP contribution in [0.15, 0.2) is 66.7 Å². The molecule has 0 amide bonds. The Hall–Kier alpha value is -3.60. The molecule has 1 heterocycles. The van der Waals surface area contributed by atoms with Gasteiger partial charge in [0, 0.05) is 11.1 Å². The predicted octanol–water partition coefficient (Wildman–Crippen LogP) is 5.42. The molecule has 0 aliphatic rings. The molecule has 33 heavy (non-hydrogen) atoms. The number of hydrogen-bond donors (Lipinski definition) is 2. The summed E-state index contributed by atoms with van der Waals surface area (Å²) in [5, 5.41) is 19.6. The molecule has 0 saturated heterocycles. The molecule has 5 heteroatoms. The van der Waals surface area contributed by atoms with E-state index in [-0.39, 0.29) is 23.5 Å². The number of imidazole rings is 1. The van der Waals surface area contributed by atoms with Crippen LogP contribution in [0.3, 0.4) is 0 Å². The Morgan fingerprint density at radius 2 is 1.55 bits per heavy atom. The molecule has 170 valence electrons. The largest absolute Gasteiger partial charge is 0.507 e. The standard InChI is InChI=1S/C28H31N3O2/c1-5-20-15-21(16-22(26(20)33)28(2,3)4)25(32)18-31-24-14-10-9-13-23(24)30(27(31)29)17-19-11-7-6-8-12-19/h6-16,29,33H,5,17-18H2,1-4H3. The Morgan fingerprint density at radius 3 is 2.15 bits per heavy atom. The third-order valence-electron chi connectivity index (χ3n) is 6.16. The van der Waals surface area contributed by atoms with E-state index in [1.165, 1.54) is 0 Å². The van der Waals surface area contributed by atoms with Crippen molar-refractivity contribution in [3.8, 4) is 5.75 Å². The van der Waals surface area contributed by atoms with Crippen LogP contribution >= 0.6 is 0 Å². The topological polar surface area (TPSA) is 71.0 Å². The van der Waals surface area contributed by atoms with Gasteiger partial charge >= 0.3 is 0 Å². The van der Waals surface area contributed by atoms with E-state index in [1.54, 1.807) is 10.6 Å². The lowest BCUT2D eigenvalue weighted by Gasteiger charge is -2.23. The number of rotatable bonds is 6. The van der Waals surface area contributed by atoms with Gasteiger partial charge in [0.2, 0.25) is 5.62 Å². The van der Waals surface area contributed by atoms with Crippen LogP contribution < -0.4 is 5.62 Å². The molecule has 4 aromatic rings. The van der Waals surface area contributed by atoms with Gasteiger partial charge in [-0.25, -0.2) is 0 Å². The first-order chi connectivity index (χ1) is 15.7. The maximum absolute atomic E-state index is 13.4. The molecule has 1 aromatic heterocycles. The molecule has 0 bridgehead atoms. The van der Waals surface area contributed by atoms with Gasteiger partial charge in [0.05, 0.1) is 24.1 Å². The fourth-order valence-electron chi connectivity index (χ4n) is 4.31. The van der Waals surface area contributed by atoms with E-state index in [9.17, 15) is 9.90 Å². The number of carbonyl (C=O) groups excluding carboxylic acids is 1. The predicted molar refractivity (Wildman–Crippen MR) is 132 cm³/mol. The number of benzene rings is 3. The smallest absolute Gasteiger partial charge is 0.203 e. The minimum absolute atomic E-state index is 0.0681. The highest BCUT2D eigenvalue weighted by molar-refractivity contribution is 5.97. The number of aromatic nitrogens is 2. The summed E-state index contributed by atoms with van der Waals surface area (Å²) in [5.74, 6) is 0.200. The zero-order chi connectivity index (χ0) is 23.8. The number of phenols is 1.